The third kappa shape index (κ3) is 2.88. The predicted octanol–water partition coefficient (Wildman–Crippen LogP) is 0.0979. The van der Waals surface area contributed by atoms with Gasteiger partial charge in [0.15, 0.2) is 12.1 Å². The number of cyclic esters (lactones) is 1. The average molecular weight is 365 g/mol. The third-order valence-electron chi connectivity index (χ3n) is 5.49. The van der Waals surface area contributed by atoms with Gasteiger partial charge in [-0.05, 0) is 18.6 Å². The topological polar surface area (TPSA) is 116 Å². The minimum absolute atomic E-state index is 0.0621. The van der Waals surface area contributed by atoms with Crippen molar-refractivity contribution < 1.29 is 33.9 Å². The molecule has 0 bridgehead atoms. The maximum absolute atomic E-state index is 12.9. The van der Waals surface area contributed by atoms with Crippen molar-refractivity contribution in [3.8, 4) is 0 Å². The zero-order valence-corrected chi connectivity index (χ0v) is 14.6. The van der Waals surface area contributed by atoms with Gasteiger partial charge in [0.1, 0.15) is 6.61 Å². The number of allylic oxidation sites excluding steroid dienone is 1. The first-order valence-corrected chi connectivity index (χ1v) is 8.56. The Labute approximate surface area is 151 Å². The highest BCUT2D eigenvalue weighted by molar-refractivity contribution is 5.90. The molecule has 0 spiro atoms. The lowest BCUT2D eigenvalue weighted by atomic mass is 9.90. The van der Waals surface area contributed by atoms with Crippen molar-refractivity contribution >= 4 is 11.9 Å². The van der Waals surface area contributed by atoms with Crippen molar-refractivity contribution in [3.63, 3.8) is 0 Å². The lowest BCUT2D eigenvalue weighted by Crippen LogP contribution is -2.49. The molecule has 0 radical (unpaired) electrons. The summed E-state index contributed by atoms with van der Waals surface area (Å²) >= 11 is 0. The number of hydroxylamine groups is 3. The molecule has 3 aliphatic rings. The number of nitrogens with zero attached hydrogens (tertiary/aromatic N) is 1. The molecular formula is C18H23NO7. The van der Waals surface area contributed by atoms with Crippen LogP contribution in [0.1, 0.15) is 19.8 Å². The molecule has 0 aromatic rings. The summed E-state index contributed by atoms with van der Waals surface area (Å²) in [5.41, 5.74) is -1.63. The van der Waals surface area contributed by atoms with Crippen LogP contribution in [0.5, 0.6) is 0 Å². The fourth-order valence-corrected chi connectivity index (χ4v) is 3.82. The Morgan fingerprint density at radius 2 is 2.23 bits per heavy atom. The van der Waals surface area contributed by atoms with Crippen molar-refractivity contribution in [2.24, 2.45) is 0 Å². The Hall–Kier alpha value is -2.00. The molecule has 0 aromatic carbocycles. The summed E-state index contributed by atoms with van der Waals surface area (Å²) < 4.78 is 10.2. The van der Waals surface area contributed by atoms with Crippen molar-refractivity contribution in [2.75, 3.05) is 26.3 Å². The number of aliphatic hydroxyl groups excluding tert-OH is 1. The molecule has 142 valence electrons. The SMILES string of the molecule is C=C1C/C(=C\C)C(=O)OC2CC[N+]3([O-])CC=C(COC(=O)C1(O)CO)C23. The van der Waals surface area contributed by atoms with Crippen LogP contribution in [0.3, 0.4) is 0 Å². The number of hydrogen-bond acceptors (Lipinski definition) is 7. The van der Waals surface area contributed by atoms with Crippen molar-refractivity contribution in [2.45, 2.75) is 37.5 Å². The largest absolute Gasteiger partial charge is 0.632 e. The highest BCUT2D eigenvalue weighted by atomic mass is 16.6. The van der Waals surface area contributed by atoms with E-state index in [0.717, 1.165) is 0 Å². The van der Waals surface area contributed by atoms with E-state index in [2.05, 4.69) is 6.58 Å². The van der Waals surface area contributed by atoms with E-state index in [4.69, 9.17) is 9.47 Å². The second-order valence-corrected chi connectivity index (χ2v) is 7.00. The van der Waals surface area contributed by atoms with Crippen molar-refractivity contribution in [1.82, 2.24) is 0 Å². The number of quaternary nitrogens is 1. The summed E-state index contributed by atoms with van der Waals surface area (Å²) in [6.07, 6.45) is 2.89. The molecule has 2 fully saturated rings. The molecule has 8 nitrogen and oxygen atoms in total. The number of ether oxygens (including phenoxy) is 2. The van der Waals surface area contributed by atoms with Gasteiger partial charge in [0.2, 0.25) is 5.60 Å². The first kappa shape index (κ1) is 18.8. The van der Waals surface area contributed by atoms with Gasteiger partial charge in [-0.3, -0.25) is 0 Å². The fourth-order valence-electron chi connectivity index (χ4n) is 3.82. The zero-order valence-electron chi connectivity index (χ0n) is 14.6. The Kier molecular flexibility index (Phi) is 4.78. The molecule has 0 saturated carbocycles. The van der Waals surface area contributed by atoms with Gasteiger partial charge in [-0.2, -0.15) is 0 Å². The molecule has 3 heterocycles. The Morgan fingerprint density at radius 1 is 1.50 bits per heavy atom. The maximum Gasteiger partial charge on any atom is 0.345 e. The van der Waals surface area contributed by atoms with Crippen molar-refractivity contribution in [1.29, 1.82) is 0 Å². The van der Waals surface area contributed by atoms with Crippen LogP contribution in [0, 0.1) is 5.21 Å². The van der Waals surface area contributed by atoms with E-state index in [1.165, 1.54) is 6.08 Å². The van der Waals surface area contributed by atoms with Gasteiger partial charge in [-0.25, -0.2) is 9.59 Å². The summed E-state index contributed by atoms with van der Waals surface area (Å²) in [6.45, 7) is 4.67. The van der Waals surface area contributed by atoms with Gasteiger partial charge in [-0.15, -0.1) is 0 Å². The Bertz CT molecular complexity index is 712. The Balaban J connectivity index is 1.97. The van der Waals surface area contributed by atoms with Crippen LogP contribution < -0.4 is 0 Å². The third-order valence-corrected chi connectivity index (χ3v) is 5.49. The fraction of sp³-hybridized carbons (Fsp3) is 0.556. The van der Waals surface area contributed by atoms with E-state index in [0.29, 0.717) is 18.5 Å². The highest BCUT2D eigenvalue weighted by Gasteiger charge is 2.51. The monoisotopic (exact) mass is 365 g/mol. The van der Waals surface area contributed by atoms with Gasteiger partial charge >= 0.3 is 11.9 Å². The van der Waals surface area contributed by atoms with E-state index in [9.17, 15) is 25.0 Å². The number of hydrogen-bond donors (Lipinski definition) is 2. The molecule has 2 N–H and O–H groups in total. The summed E-state index contributed by atoms with van der Waals surface area (Å²) in [4.78, 5) is 24.9. The molecule has 0 aromatic heterocycles. The quantitative estimate of drug-likeness (QED) is 0.222. The normalized spacial score (nSPS) is 39.6. The first-order valence-electron chi connectivity index (χ1n) is 8.56. The van der Waals surface area contributed by atoms with Crippen LogP contribution in [-0.2, 0) is 19.1 Å². The van der Waals surface area contributed by atoms with Gasteiger partial charge in [0.05, 0.1) is 19.7 Å². The lowest BCUT2D eigenvalue weighted by Gasteiger charge is -2.40. The van der Waals surface area contributed by atoms with E-state index < -0.39 is 40.9 Å². The number of rotatable bonds is 1. The minimum atomic E-state index is -2.33. The van der Waals surface area contributed by atoms with Crippen LogP contribution in [0.15, 0.2) is 35.5 Å². The number of esters is 2. The first-order chi connectivity index (χ1) is 12.2. The molecule has 0 aliphatic carbocycles. The second kappa shape index (κ2) is 6.62. The van der Waals surface area contributed by atoms with Gasteiger partial charge in [-0.1, -0.05) is 12.7 Å². The summed E-state index contributed by atoms with van der Waals surface area (Å²) in [5.74, 6) is -1.67. The van der Waals surface area contributed by atoms with Crippen LogP contribution in [0.4, 0.5) is 0 Å². The molecule has 4 unspecified atom stereocenters. The molecular weight excluding hydrogens is 342 g/mol. The van der Waals surface area contributed by atoms with Gasteiger partial charge in [0.25, 0.3) is 0 Å². The van der Waals surface area contributed by atoms with Crippen LogP contribution in [0.2, 0.25) is 0 Å². The molecule has 0 amide bonds. The van der Waals surface area contributed by atoms with Crippen molar-refractivity contribution in [3.05, 3.63) is 40.7 Å². The molecule has 8 heteroatoms. The summed E-state index contributed by atoms with van der Waals surface area (Å²) in [5, 5.41) is 33.0. The minimum Gasteiger partial charge on any atom is -0.632 e. The second-order valence-electron chi connectivity index (χ2n) is 7.00. The summed E-state index contributed by atoms with van der Waals surface area (Å²) in [6, 6.07) is -0.616. The van der Waals surface area contributed by atoms with Crippen LogP contribution in [-0.4, -0.2) is 70.8 Å². The molecule has 3 rings (SSSR count). The molecule has 26 heavy (non-hydrogen) atoms. The number of carbonyl (C=O) groups is 2. The highest BCUT2D eigenvalue weighted by Crippen LogP contribution is 2.39. The maximum atomic E-state index is 12.9. The number of carbonyl (C=O) groups excluding carboxylic acids is 2. The van der Waals surface area contributed by atoms with Crippen LogP contribution >= 0.6 is 0 Å². The van der Waals surface area contributed by atoms with Gasteiger partial charge in [0, 0.05) is 24.0 Å². The van der Waals surface area contributed by atoms with E-state index in [-0.39, 0.29) is 30.7 Å². The molecule has 3 aliphatic heterocycles. The standard InChI is InChI=1S/C18H23NO7/c1-3-12-8-11(2)18(23,10-20)17(22)25-9-13-4-6-19(24)7-5-14(15(13)19)26-16(12)21/h3-4,14-15,20,23H,2,5-10H2,1H3/b12-3+. The average Bonchev–Trinajstić information content (AvgIpc) is 3.11. The van der Waals surface area contributed by atoms with Gasteiger partial charge < -0.3 is 29.5 Å². The zero-order chi connectivity index (χ0) is 19.1. The van der Waals surface area contributed by atoms with E-state index >= 15 is 0 Å². The van der Waals surface area contributed by atoms with E-state index in [1.807, 2.05) is 0 Å². The summed E-state index contributed by atoms with van der Waals surface area (Å²) in [7, 11) is 0. The van der Waals surface area contributed by atoms with Crippen LogP contribution in [0.25, 0.3) is 0 Å². The Morgan fingerprint density at radius 3 is 2.88 bits per heavy atom. The molecule has 4 atom stereocenters. The smallest absolute Gasteiger partial charge is 0.345 e. The van der Waals surface area contributed by atoms with E-state index in [1.54, 1.807) is 13.0 Å². The number of aliphatic hydroxyl groups is 2. The predicted molar refractivity (Wildman–Crippen MR) is 90.2 cm³/mol. The lowest BCUT2D eigenvalue weighted by molar-refractivity contribution is -0.877. The molecule has 2 saturated heterocycles.